The Morgan fingerprint density at radius 1 is 1.33 bits per heavy atom. The van der Waals surface area contributed by atoms with E-state index in [1.807, 2.05) is 24.1 Å². The van der Waals surface area contributed by atoms with E-state index in [0.717, 1.165) is 31.7 Å². The molecule has 0 radical (unpaired) electrons. The van der Waals surface area contributed by atoms with Crippen molar-refractivity contribution in [1.82, 2.24) is 20.0 Å². The van der Waals surface area contributed by atoms with Crippen molar-refractivity contribution < 1.29 is 9.59 Å². The van der Waals surface area contributed by atoms with E-state index in [2.05, 4.69) is 15.1 Å². The molecule has 130 valence electrons. The highest BCUT2D eigenvalue weighted by Crippen LogP contribution is 2.25. The van der Waals surface area contributed by atoms with Gasteiger partial charge in [0.2, 0.25) is 11.8 Å². The number of likely N-dealkylation sites (tertiary alicyclic amines) is 1. The number of anilines is 1. The zero-order valence-electron chi connectivity index (χ0n) is 14.1. The molecule has 7 nitrogen and oxygen atoms in total. The molecule has 3 heterocycles. The topological polar surface area (TPSA) is 69.6 Å². The number of aromatic nitrogens is 2. The number of carbonyl (C=O) groups is 2. The van der Waals surface area contributed by atoms with Gasteiger partial charge in [0, 0.05) is 45.1 Å². The lowest BCUT2D eigenvalue weighted by atomic mass is 10.0. The van der Waals surface area contributed by atoms with Crippen LogP contribution >= 0.6 is 11.8 Å². The third-order valence-electron chi connectivity index (χ3n) is 4.82. The van der Waals surface area contributed by atoms with Gasteiger partial charge in [0.25, 0.3) is 0 Å². The summed E-state index contributed by atoms with van der Waals surface area (Å²) in [6.45, 7) is 2.98. The fraction of sp³-hybridized carbons (Fsp3) is 0.625. The van der Waals surface area contributed by atoms with Crippen LogP contribution in [0.2, 0.25) is 0 Å². The summed E-state index contributed by atoms with van der Waals surface area (Å²) in [5.41, 5.74) is 0. The summed E-state index contributed by atoms with van der Waals surface area (Å²) in [7, 11) is 2.03. The molecule has 0 bridgehead atoms. The van der Waals surface area contributed by atoms with E-state index in [1.54, 1.807) is 22.9 Å². The van der Waals surface area contributed by atoms with Crippen molar-refractivity contribution in [2.75, 3.05) is 36.7 Å². The van der Waals surface area contributed by atoms with Crippen LogP contribution in [0.25, 0.3) is 0 Å². The first-order chi connectivity index (χ1) is 11.6. The van der Waals surface area contributed by atoms with Gasteiger partial charge in [0.15, 0.2) is 5.82 Å². The first kappa shape index (κ1) is 17.0. The van der Waals surface area contributed by atoms with Crippen LogP contribution in [0, 0.1) is 0 Å². The number of hydrogen-bond acceptors (Lipinski definition) is 6. The average Bonchev–Trinajstić information content (AvgIpc) is 3.11. The van der Waals surface area contributed by atoms with Crippen LogP contribution in [-0.2, 0) is 9.59 Å². The van der Waals surface area contributed by atoms with Crippen LogP contribution in [0.15, 0.2) is 18.3 Å². The molecule has 0 spiro atoms. The molecule has 0 N–H and O–H groups in total. The van der Waals surface area contributed by atoms with Gasteiger partial charge in [-0.3, -0.25) is 9.59 Å². The van der Waals surface area contributed by atoms with Crippen LogP contribution in [-0.4, -0.2) is 75.7 Å². The number of amides is 2. The van der Waals surface area contributed by atoms with Crippen molar-refractivity contribution in [3.05, 3.63) is 18.3 Å². The van der Waals surface area contributed by atoms with E-state index in [0.29, 0.717) is 17.7 Å². The Labute approximate surface area is 146 Å². The molecular formula is C16H23N5O2S. The second-order valence-electron chi connectivity index (χ2n) is 6.25. The van der Waals surface area contributed by atoms with Gasteiger partial charge in [-0.2, -0.15) is 5.10 Å². The molecule has 1 atom stereocenters. The fourth-order valence-corrected chi connectivity index (χ4v) is 4.52. The number of piperidine rings is 1. The smallest absolute Gasteiger partial charge is 0.246 e. The highest BCUT2D eigenvalue weighted by molar-refractivity contribution is 7.99. The Hall–Kier alpha value is -1.83. The first-order valence-corrected chi connectivity index (χ1v) is 9.37. The summed E-state index contributed by atoms with van der Waals surface area (Å²) in [4.78, 5) is 30.1. The summed E-state index contributed by atoms with van der Waals surface area (Å²) in [5.74, 6) is 2.26. The third kappa shape index (κ3) is 3.48. The standard InChI is InChI=1S/C16H23N5O2S/c1-12(22)21-11-24-10-14(21)16(23)20-8-5-13(6-9-20)19(2)15-4-3-7-17-18-15/h3-4,7,13-14H,5-6,8-11H2,1-2H3/t14-/m1/s1. The Bertz CT molecular complexity index is 591. The summed E-state index contributed by atoms with van der Waals surface area (Å²) < 4.78 is 0. The van der Waals surface area contributed by atoms with Gasteiger partial charge in [-0.1, -0.05) is 0 Å². The van der Waals surface area contributed by atoms with Crippen molar-refractivity contribution in [1.29, 1.82) is 0 Å². The predicted octanol–water partition coefficient (Wildman–Crippen LogP) is 0.825. The van der Waals surface area contributed by atoms with E-state index < -0.39 is 0 Å². The summed E-state index contributed by atoms with van der Waals surface area (Å²) in [6, 6.07) is 3.89. The van der Waals surface area contributed by atoms with E-state index in [1.165, 1.54) is 6.92 Å². The van der Waals surface area contributed by atoms with Crippen molar-refractivity contribution in [3.8, 4) is 0 Å². The van der Waals surface area contributed by atoms with Crippen LogP contribution in [0.1, 0.15) is 19.8 Å². The summed E-state index contributed by atoms with van der Waals surface area (Å²) in [6.07, 6.45) is 3.47. The van der Waals surface area contributed by atoms with E-state index in [-0.39, 0.29) is 17.9 Å². The maximum Gasteiger partial charge on any atom is 0.246 e. The van der Waals surface area contributed by atoms with Crippen molar-refractivity contribution in [2.24, 2.45) is 0 Å². The van der Waals surface area contributed by atoms with Gasteiger partial charge < -0.3 is 14.7 Å². The van der Waals surface area contributed by atoms with Gasteiger partial charge in [-0.25, -0.2) is 0 Å². The number of rotatable bonds is 3. The lowest BCUT2D eigenvalue weighted by Crippen LogP contribution is -2.52. The second kappa shape index (κ2) is 7.38. The average molecular weight is 349 g/mol. The maximum atomic E-state index is 12.7. The summed E-state index contributed by atoms with van der Waals surface area (Å²) in [5, 5.41) is 8.07. The Morgan fingerprint density at radius 2 is 2.08 bits per heavy atom. The Kier molecular flexibility index (Phi) is 5.23. The molecule has 0 aromatic carbocycles. The molecule has 2 aliphatic heterocycles. The molecule has 24 heavy (non-hydrogen) atoms. The quantitative estimate of drug-likeness (QED) is 0.805. The number of hydrogen-bond donors (Lipinski definition) is 0. The maximum absolute atomic E-state index is 12.7. The normalized spacial score (nSPS) is 21.8. The van der Waals surface area contributed by atoms with Gasteiger partial charge >= 0.3 is 0 Å². The molecule has 1 aromatic rings. The molecule has 2 aliphatic rings. The second-order valence-corrected chi connectivity index (χ2v) is 7.25. The molecule has 2 amide bonds. The SMILES string of the molecule is CC(=O)N1CSC[C@@H]1C(=O)N1CCC(N(C)c2cccnn2)CC1. The van der Waals surface area contributed by atoms with E-state index in [9.17, 15) is 9.59 Å². The molecule has 0 unspecified atom stereocenters. The van der Waals surface area contributed by atoms with Gasteiger partial charge in [-0.15, -0.1) is 16.9 Å². The number of thioether (sulfide) groups is 1. The van der Waals surface area contributed by atoms with Crippen molar-refractivity contribution in [2.45, 2.75) is 31.8 Å². The molecule has 0 saturated carbocycles. The molecule has 8 heteroatoms. The van der Waals surface area contributed by atoms with Crippen molar-refractivity contribution >= 4 is 29.4 Å². The largest absolute Gasteiger partial charge is 0.355 e. The third-order valence-corrected chi connectivity index (χ3v) is 5.83. The zero-order valence-corrected chi connectivity index (χ0v) is 14.9. The predicted molar refractivity (Wildman–Crippen MR) is 93.7 cm³/mol. The van der Waals surface area contributed by atoms with Crippen molar-refractivity contribution in [3.63, 3.8) is 0 Å². The van der Waals surface area contributed by atoms with Gasteiger partial charge in [0.05, 0.1) is 5.88 Å². The molecule has 3 rings (SSSR count). The van der Waals surface area contributed by atoms with Crippen LogP contribution in [0.4, 0.5) is 5.82 Å². The zero-order chi connectivity index (χ0) is 17.1. The van der Waals surface area contributed by atoms with E-state index in [4.69, 9.17) is 0 Å². The highest BCUT2D eigenvalue weighted by atomic mass is 32.2. The van der Waals surface area contributed by atoms with Gasteiger partial charge in [-0.05, 0) is 25.0 Å². The Morgan fingerprint density at radius 3 is 2.71 bits per heavy atom. The highest BCUT2D eigenvalue weighted by Gasteiger charge is 2.37. The molecule has 0 aliphatic carbocycles. The monoisotopic (exact) mass is 349 g/mol. The van der Waals surface area contributed by atoms with Gasteiger partial charge in [0.1, 0.15) is 6.04 Å². The first-order valence-electron chi connectivity index (χ1n) is 8.22. The molecule has 2 fully saturated rings. The number of nitrogens with zero attached hydrogens (tertiary/aromatic N) is 5. The lowest BCUT2D eigenvalue weighted by molar-refractivity contribution is -0.143. The molecule has 1 aromatic heterocycles. The van der Waals surface area contributed by atoms with Crippen LogP contribution in [0.5, 0.6) is 0 Å². The minimum atomic E-state index is -0.290. The van der Waals surface area contributed by atoms with Crippen LogP contribution in [0.3, 0.4) is 0 Å². The van der Waals surface area contributed by atoms with Crippen LogP contribution < -0.4 is 4.90 Å². The minimum Gasteiger partial charge on any atom is -0.355 e. The fourth-order valence-electron chi connectivity index (χ4n) is 3.31. The number of carbonyl (C=O) groups excluding carboxylic acids is 2. The summed E-state index contributed by atoms with van der Waals surface area (Å²) >= 11 is 1.65. The minimum absolute atomic E-state index is 0.0179. The van der Waals surface area contributed by atoms with E-state index >= 15 is 0 Å². The molecular weight excluding hydrogens is 326 g/mol. The molecule has 2 saturated heterocycles. The Balaban J connectivity index is 1.57. The lowest BCUT2D eigenvalue weighted by Gasteiger charge is -2.38.